The van der Waals surface area contributed by atoms with Crippen LogP contribution in [0.25, 0.3) is 22.8 Å². The van der Waals surface area contributed by atoms with Gasteiger partial charge < -0.3 is 4.57 Å². The van der Waals surface area contributed by atoms with Gasteiger partial charge in [0, 0.05) is 46.0 Å². The summed E-state index contributed by atoms with van der Waals surface area (Å²) in [5.41, 5.74) is 2.98. The summed E-state index contributed by atoms with van der Waals surface area (Å²) in [7, 11) is 0. The van der Waals surface area contributed by atoms with Gasteiger partial charge >= 0.3 is 0 Å². The summed E-state index contributed by atoms with van der Waals surface area (Å²) < 4.78 is 3.79. The van der Waals surface area contributed by atoms with Crippen LogP contribution in [0.3, 0.4) is 0 Å². The summed E-state index contributed by atoms with van der Waals surface area (Å²) in [6, 6.07) is 21.9. The van der Waals surface area contributed by atoms with Crippen LogP contribution in [-0.2, 0) is 0 Å². The lowest BCUT2D eigenvalue weighted by atomic mass is 10.1. The Balaban J connectivity index is 1.55. The van der Waals surface area contributed by atoms with E-state index >= 15 is 0 Å². The summed E-state index contributed by atoms with van der Waals surface area (Å²) in [5.74, 6) is 0.775. The molecule has 0 saturated heterocycles. The van der Waals surface area contributed by atoms with Crippen LogP contribution < -0.4 is 0 Å². The van der Waals surface area contributed by atoms with Crippen molar-refractivity contribution in [3.05, 3.63) is 103 Å². The number of hydrogen-bond donors (Lipinski definition) is 0. The molecule has 3 aromatic heterocycles. The standard InChI is InChI=1S/C23H16ClN5S/c24-18-6-10-20(11-7-18)30-21-15-29(22-3-1-2-12-26-22)27-23(21)17-4-8-19(9-5-17)28-14-13-25-16-28/h1-16H. The predicted octanol–water partition coefficient (Wildman–Crippen LogP) is 5.92. The lowest BCUT2D eigenvalue weighted by molar-refractivity contribution is 0.849. The molecular weight excluding hydrogens is 414 g/mol. The van der Waals surface area contributed by atoms with E-state index in [4.69, 9.17) is 16.7 Å². The van der Waals surface area contributed by atoms with E-state index in [2.05, 4.69) is 34.2 Å². The van der Waals surface area contributed by atoms with E-state index < -0.39 is 0 Å². The minimum Gasteiger partial charge on any atom is -0.306 e. The molecule has 5 aromatic rings. The number of nitrogens with zero attached hydrogens (tertiary/aromatic N) is 5. The van der Waals surface area contributed by atoms with Crippen molar-refractivity contribution in [2.45, 2.75) is 9.79 Å². The Labute approximate surface area is 183 Å². The van der Waals surface area contributed by atoms with Crippen LogP contribution in [0.1, 0.15) is 0 Å². The van der Waals surface area contributed by atoms with Crippen LogP contribution in [0.15, 0.2) is 108 Å². The van der Waals surface area contributed by atoms with Crippen molar-refractivity contribution in [1.82, 2.24) is 24.3 Å². The molecule has 0 aliphatic rings. The number of benzene rings is 2. The van der Waals surface area contributed by atoms with E-state index in [1.807, 2.05) is 64.1 Å². The van der Waals surface area contributed by atoms with Crippen molar-refractivity contribution in [1.29, 1.82) is 0 Å². The smallest absolute Gasteiger partial charge is 0.153 e. The summed E-state index contributed by atoms with van der Waals surface area (Å²) in [5, 5.41) is 5.57. The Morgan fingerprint density at radius 1 is 0.867 bits per heavy atom. The van der Waals surface area contributed by atoms with E-state index in [9.17, 15) is 0 Å². The van der Waals surface area contributed by atoms with Crippen molar-refractivity contribution in [2.75, 3.05) is 0 Å². The maximum Gasteiger partial charge on any atom is 0.153 e. The lowest BCUT2D eigenvalue weighted by Gasteiger charge is -2.05. The van der Waals surface area contributed by atoms with Gasteiger partial charge in [-0.2, -0.15) is 5.10 Å². The highest BCUT2D eigenvalue weighted by molar-refractivity contribution is 7.99. The SMILES string of the molecule is Clc1ccc(Sc2cn(-c3ccccn3)nc2-c2ccc(-n3ccnc3)cc2)cc1. The van der Waals surface area contributed by atoms with E-state index in [1.54, 1.807) is 30.5 Å². The summed E-state index contributed by atoms with van der Waals surface area (Å²) >= 11 is 7.69. The van der Waals surface area contributed by atoms with E-state index in [-0.39, 0.29) is 0 Å². The fraction of sp³-hybridized carbons (Fsp3) is 0. The molecule has 146 valence electrons. The maximum absolute atomic E-state index is 6.04. The first-order valence-electron chi connectivity index (χ1n) is 9.29. The summed E-state index contributed by atoms with van der Waals surface area (Å²) in [4.78, 5) is 10.7. The number of pyridine rings is 1. The second kappa shape index (κ2) is 8.18. The minimum atomic E-state index is 0.721. The number of hydrogen-bond acceptors (Lipinski definition) is 4. The van der Waals surface area contributed by atoms with Gasteiger partial charge in [0.2, 0.25) is 0 Å². The fourth-order valence-electron chi connectivity index (χ4n) is 3.07. The van der Waals surface area contributed by atoms with Gasteiger partial charge in [-0.25, -0.2) is 14.6 Å². The largest absolute Gasteiger partial charge is 0.306 e. The number of aromatic nitrogens is 5. The molecule has 2 aromatic carbocycles. The van der Waals surface area contributed by atoms with Crippen LogP contribution in [0.2, 0.25) is 5.02 Å². The molecule has 5 nitrogen and oxygen atoms in total. The Morgan fingerprint density at radius 2 is 1.70 bits per heavy atom. The Hall–Kier alpha value is -3.35. The van der Waals surface area contributed by atoms with Crippen molar-refractivity contribution < 1.29 is 0 Å². The molecule has 0 unspecified atom stereocenters. The average Bonchev–Trinajstić information content (AvgIpc) is 3.47. The zero-order chi connectivity index (χ0) is 20.3. The van der Waals surface area contributed by atoms with Gasteiger partial charge in [-0.15, -0.1) is 0 Å². The third-order valence-electron chi connectivity index (χ3n) is 4.55. The average molecular weight is 430 g/mol. The van der Waals surface area contributed by atoms with Gasteiger partial charge in [0.15, 0.2) is 5.82 Å². The summed E-state index contributed by atoms with van der Waals surface area (Å²) in [6.45, 7) is 0. The maximum atomic E-state index is 6.04. The van der Waals surface area contributed by atoms with Gasteiger partial charge in [-0.1, -0.05) is 41.6 Å². The zero-order valence-electron chi connectivity index (χ0n) is 15.8. The molecule has 0 N–H and O–H groups in total. The second-order valence-corrected chi connectivity index (χ2v) is 8.10. The van der Waals surface area contributed by atoms with Gasteiger partial charge in [-0.05, 0) is 48.5 Å². The number of halogens is 1. The molecule has 0 fully saturated rings. The Kier molecular flexibility index (Phi) is 5.09. The summed E-state index contributed by atoms with van der Waals surface area (Å²) in [6.07, 6.45) is 9.26. The highest BCUT2D eigenvalue weighted by Crippen LogP contribution is 2.36. The zero-order valence-corrected chi connectivity index (χ0v) is 17.3. The monoisotopic (exact) mass is 429 g/mol. The van der Waals surface area contributed by atoms with Gasteiger partial charge in [0.25, 0.3) is 0 Å². The van der Waals surface area contributed by atoms with Crippen LogP contribution >= 0.6 is 23.4 Å². The van der Waals surface area contributed by atoms with Gasteiger partial charge in [0.1, 0.15) is 5.69 Å². The normalized spacial score (nSPS) is 11.0. The van der Waals surface area contributed by atoms with Crippen LogP contribution in [0.5, 0.6) is 0 Å². The van der Waals surface area contributed by atoms with E-state index in [0.717, 1.165) is 37.6 Å². The van der Waals surface area contributed by atoms with Crippen LogP contribution in [-0.4, -0.2) is 24.3 Å². The second-order valence-electron chi connectivity index (χ2n) is 6.55. The molecule has 0 atom stereocenters. The van der Waals surface area contributed by atoms with Crippen LogP contribution in [0, 0.1) is 0 Å². The molecule has 0 radical (unpaired) electrons. The lowest BCUT2D eigenvalue weighted by Crippen LogP contribution is -1.97. The topological polar surface area (TPSA) is 48.5 Å². The molecule has 0 aliphatic carbocycles. The highest BCUT2D eigenvalue weighted by atomic mass is 35.5. The van der Waals surface area contributed by atoms with Crippen molar-refractivity contribution in [3.63, 3.8) is 0 Å². The molecule has 30 heavy (non-hydrogen) atoms. The third kappa shape index (κ3) is 3.87. The molecule has 3 heterocycles. The van der Waals surface area contributed by atoms with Gasteiger partial charge in [-0.3, -0.25) is 0 Å². The fourth-order valence-corrected chi connectivity index (χ4v) is 4.13. The quantitative estimate of drug-likeness (QED) is 0.347. The number of imidazole rings is 1. The van der Waals surface area contributed by atoms with Crippen molar-refractivity contribution in [2.24, 2.45) is 0 Å². The first kappa shape index (κ1) is 18.7. The molecular formula is C23H16ClN5S. The predicted molar refractivity (Wildman–Crippen MR) is 119 cm³/mol. The molecule has 0 saturated carbocycles. The van der Waals surface area contributed by atoms with E-state index in [1.165, 1.54) is 0 Å². The highest BCUT2D eigenvalue weighted by Gasteiger charge is 2.14. The van der Waals surface area contributed by atoms with Gasteiger partial charge in [0.05, 0.1) is 11.2 Å². The van der Waals surface area contributed by atoms with Crippen molar-refractivity contribution in [3.8, 4) is 22.8 Å². The van der Waals surface area contributed by atoms with Crippen LogP contribution in [0.4, 0.5) is 0 Å². The Bertz CT molecular complexity index is 1250. The molecule has 0 bridgehead atoms. The molecule has 0 spiro atoms. The molecule has 5 rings (SSSR count). The van der Waals surface area contributed by atoms with Crippen molar-refractivity contribution >= 4 is 23.4 Å². The Morgan fingerprint density at radius 3 is 2.40 bits per heavy atom. The first-order valence-corrected chi connectivity index (χ1v) is 10.5. The molecule has 0 aliphatic heterocycles. The first-order chi connectivity index (χ1) is 14.8. The molecule has 0 amide bonds. The van der Waals surface area contributed by atoms with E-state index in [0.29, 0.717) is 0 Å². The number of rotatable bonds is 5. The molecule has 7 heteroatoms. The third-order valence-corrected chi connectivity index (χ3v) is 5.83. The minimum absolute atomic E-state index is 0.721.